The molecule has 2 N–H and O–H groups in total. The quantitative estimate of drug-likeness (QED) is 0.760. The molecule has 1 aliphatic rings. The van der Waals surface area contributed by atoms with E-state index in [1.54, 1.807) is 0 Å². The largest absolute Gasteiger partial charge is 0.507 e. The molecule has 1 fully saturated rings. The molecular weight excluding hydrogens is 198 g/mol. The summed E-state index contributed by atoms with van der Waals surface area (Å²) in [6.07, 6.45) is 3.80. The summed E-state index contributed by atoms with van der Waals surface area (Å²) < 4.78 is 0. The minimum atomic E-state index is 0.456. The third-order valence-electron chi connectivity index (χ3n) is 3.78. The maximum Gasteiger partial charge on any atom is 0.121 e. The van der Waals surface area contributed by atoms with Crippen molar-refractivity contribution in [1.29, 1.82) is 0 Å². The van der Waals surface area contributed by atoms with E-state index in [2.05, 4.69) is 18.3 Å². The second-order valence-electron chi connectivity index (χ2n) is 4.88. The molecule has 2 nitrogen and oxygen atoms in total. The maximum absolute atomic E-state index is 9.89. The second kappa shape index (κ2) is 4.46. The maximum atomic E-state index is 9.89. The molecule has 2 heteroatoms. The van der Waals surface area contributed by atoms with Crippen LogP contribution in [0.5, 0.6) is 5.75 Å². The Morgan fingerprint density at radius 1 is 1.19 bits per heavy atom. The van der Waals surface area contributed by atoms with Crippen LogP contribution in [0.2, 0.25) is 0 Å². The molecule has 0 saturated carbocycles. The van der Waals surface area contributed by atoms with Crippen molar-refractivity contribution in [3.63, 3.8) is 0 Å². The Bertz CT molecular complexity index is 392. The SMILES string of the molecule is Cc1cc(C2CCCCN2)c(C)c(C)c1O. The molecule has 1 atom stereocenters. The van der Waals surface area contributed by atoms with Crippen molar-refractivity contribution in [2.24, 2.45) is 0 Å². The molecule has 0 radical (unpaired) electrons. The van der Waals surface area contributed by atoms with Crippen LogP contribution in [0.1, 0.15) is 47.6 Å². The highest BCUT2D eigenvalue weighted by molar-refractivity contribution is 5.49. The Hall–Kier alpha value is -1.02. The molecule has 1 aromatic rings. The van der Waals surface area contributed by atoms with Gasteiger partial charge in [0.1, 0.15) is 5.75 Å². The number of hydrogen-bond acceptors (Lipinski definition) is 2. The van der Waals surface area contributed by atoms with Gasteiger partial charge in [-0.2, -0.15) is 0 Å². The van der Waals surface area contributed by atoms with Crippen LogP contribution in [0, 0.1) is 20.8 Å². The molecule has 0 amide bonds. The van der Waals surface area contributed by atoms with Crippen LogP contribution in [0.25, 0.3) is 0 Å². The van der Waals surface area contributed by atoms with E-state index < -0.39 is 0 Å². The van der Waals surface area contributed by atoms with Crippen LogP contribution in [0.4, 0.5) is 0 Å². The second-order valence-corrected chi connectivity index (χ2v) is 4.88. The highest BCUT2D eigenvalue weighted by Crippen LogP contribution is 2.33. The molecule has 1 unspecified atom stereocenters. The number of nitrogens with one attached hydrogen (secondary N) is 1. The Labute approximate surface area is 97.7 Å². The van der Waals surface area contributed by atoms with Gasteiger partial charge in [0.25, 0.3) is 0 Å². The van der Waals surface area contributed by atoms with Gasteiger partial charge in [0.2, 0.25) is 0 Å². The summed E-state index contributed by atoms with van der Waals surface area (Å²) in [5, 5.41) is 13.5. The molecule has 0 aromatic heterocycles. The Morgan fingerprint density at radius 3 is 2.56 bits per heavy atom. The molecule has 0 aliphatic carbocycles. The van der Waals surface area contributed by atoms with Crippen LogP contribution < -0.4 is 5.32 Å². The van der Waals surface area contributed by atoms with E-state index in [0.29, 0.717) is 11.8 Å². The number of aromatic hydroxyl groups is 1. The van der Waals surface area contributed by atoms with Gasteiger partial charge < -0.3 is 10.4 Å². The molecule has 16 heavy (non-hydrogen) atoms. The van der Waals surface area contributed by atoms with Gasteiger partial charge in [0, 0.05) is 6.04 Å². The summed E-state index contributed by atoms with van der Waals surface area (Å²) in [5.41, 5.74) is 4.63. The van der Waals surface area contributed by atoms with Crippen molar-refractivity contribution in [3.8, 4) is 5.75 Å². The van der Waals surface area contributed by atoms with Crippen molar-refractivity contribution in [2.45, 2.75) is 46.1 Å². The van der Waals surface area contributed by atoms with Gasteiger partial charge in [0.15, 0.2) is 0 Å². The molecule has 0 bridgehead atoms. The van der Waals surface area contributed by atoms with Gasteiger partial charge in [-0.3, -0.25) is 0 Å². The topological polar surface area (TPSA) is 32.3 Å². The minimum Gasteiger partial charge on any atom is -0.507 e. The average molecular weight is 219 g/mol. The minimum absolute atomic E-state index is 0.456. The van der Waals surface area contributed by atoms with E-state index in [1.165, 1.54) is 30.4 Å². The van der Waals surface area contributed by atoms with Crippen molar-refractivity contribution >= 4 is 0 Å². The highest BCUT2D eigenvalue weighted by Gasteiger charge is 2.19. The van der Waals surface area contributed by atoms with Crippen LogP contribution in [0.3, 0.4) is 0 Å². The third kappa shape index (κ3) is 1.94. The fourth-order valence-corrected chi connectivity index (χ4v) is 2.58. The summed E-state index contributed by atoms with van der Waals surface area (Å²) in [5.74, 6) is 0.456. The van der Waals surface area contributed by atoms with Crippen LogP contribution in [-0.2, 0) is 0 Å². The molecule has 88 valence electrons. The van der Waals surface area contributed by atoms with Crippen LogP contribution in [0.15, 0.2) is 6.07 Å². The van der Waals surface area contributed by atoms with E-state index in [0.717, 1.165) is 17.7 Å². The third-order valence-corrected chi connectivity index (χ3v) is 3.78. The van der Waals surface area contributed by atoms with E-state index in [4.69, 9.17) is 0 Å². The zero-order valence-electron chi connectivity index (χ0n) is 10.4. The lowest BCUT2D eigenvalue weighted by Gasteiger charge is -2.26. The molecule has 1 saturated heterocycles. The Balaban J connectivity index is 2.40. The first-order chi connectivity index (χ1) is 7.61. The highest BCUT2D eigenvalue weighted by atomic mass is 16.3. The smallest absolute Gasteiger partial charge is 0.121 e. The van der Waals surface area contributed by atoms with Gasteiger partial charge in [-0.05, 0) is 62.4 Å². The number of aryl methyl sites for hydroxylation is 1. The monoisotopic (exact) mass is 219 g/mol. The zero-order chi connectivity index (χ0) is 11.7. The van der Waals surface area contributed by atoms with Crippen molar-refractivity contribution in [3.05, 3.63) is 28.3 Å². The van der Waals surface area contributed by atoms with Gasteiger partial charge in [-0.15, -0.1) is 0 Å². The number of piperidine rings is 1. The lowest BCUT2D eigenvalue weighted by atomic mass is 9.90. The zero-order valence-corrected chi connectivity index (χ0v) is 10.4. The molecule has 2 rings (SSSR count). The van der Waals surface area contributed by atoms with Gasteiger partial charge in [-0.25, -0.2) is 0 Å². The summed E-state index contributed by atoms with van der Waals surface area (Å²) in [6, 6.07) is 2.62. The predicted molar refractivity (Wildman–Crippen MR) is 66.9 cm³/mol. The summed E-state index contributed by atoms with van der Waals surface area (Å²) in [6.45, 7) is 7.21. The lowest BCUT2D eigenvalue weighted by molar-refractivity contribution is 0.409. The van der Waals surface area contributed by atoms with E-state index in [9.17, 15) is 5.11 Å². The van der Waals surface area contributed by atoms with Crippen LogP contribution in [-0.4, -0.2) is 11.7 Å². The van der Waals surface area contributed by atoms with E-state index in [-0.39, 0.29) is 0 Å². The van der Waals surface area contributed by atoms with Crippen molar-refractivity contribution in [2.75, 3.05) is 6.54 Å². The Morgan fingerprint density at radius 2 is 1.94 bits per heavy atom. The van der Waals surface area contributed by atoms with Crippen LogP contribution >= 0.6 is 0 Å². The molecule has 1 aliphatic heterocycles. The molecule has 1 heterocycles. The standard InChI is InChI=1S/C14H21NO/c1-9-8-12(10(2)11(3)14(9)16)13-6-4-5-7-15-13/h8,13,15-16H,4-7H2,1-3H3. The first-order valence-electron chi connectivity index (χ1n) is 6.14. The molecule has 0 spiro atoms. The fraction of sp³-hybridized carbons (Fsp3) is 0.571. The normalized spacial score (nSPS) is 21.1. The van der Waals surface area contributed by atoms with E-state index >= 15 is 0 Å². The fourth-order valence-electron chi connectivity index (χ4n) is 2.58. The first kappa shape index (κ1) is 11.5. The number of rotatable bonds is 1. The summed E-state index contributed by atoms with van der Waals surface area (Å²) >= 11 is 0. The summed E-state index contributed by atoms with van der Waals surface area (Å²) in [4.78, 5) is 0. The van der Waals surface area contributed by atoms with Gasteiger partial charge in [-0.1, -0.05) is 12.5 Å². The van der Waals surface area contributed by atoms with Gasteiger partial charge >= 0.3 is 0 Å². The lowest BCUT2D eigenvalue weighted by Crippen LogP contribution is -2.27. The molecular formula is C14H21NO. The van der Waals surface area contributed by atoms with Gasteiger partial charge in [0.05, 0.1) is 0 Å². The number of phenolic OH excluding ortho intramolecular Hbond substituents is 1. The number of benzene rings is 1. The van der Waals surface area contributed by atoms with E-state index in [1.807, 2.05) is 13.8 Å². The van der Waals surface area contributed by atoms with Crippen molar-refractivity contribution < 1.29 is 5.11 Å². The average Bonchev–Trinajstić information content (AvgIpc) is 2.32. The summed E-state index contributed by atoms with van der Waals surface area (Å²) in [7, 11) is 0. The number of phenols is 1. The molecule has 1 aromatic carbocycles. The number of hydrogen-bond donors (Lipinski definition) is 2. The van der Waals surface area contributed by atoms with Crippen molar-refractivity contribution in [1.82, 2.24) is 5.32 Å². The first-order valence-corrected chi connectivity index (χ1v) is 6.14. The predicted octanol–water partition coefficient (Wildman–Crippen LogP) is 3.13. The Kier molecular flexibility index (Phi) is 3.20.